The third-order valence-corrected chi connectivity index (χ3v) is 2.52. The van der Waals surface area contributed by atoms with Crippen molar-refractivity contribution in [1.29, 1.82) is 0 Å². The summed E-state index contributed by atoms with van der Waals surface area (Å²) < 4.78 is 13.0. The van der Waals surface area contributed by atoms with E-state index in [1.54, 1.807) is 0 Å². The van der Waals surface area contributed by atoms with Crippen LogP contribution in [0.25, 0.3) is 0 Å². The number of amides is 2. The quantitative estimate of drug-likeness (QED) is 0.549. The maximum atomic E-state index is 13.0. The first-order valence-corrected chi connectivity index (χ1v) is 6.42. The van der Waals surface area contributed by atoms with Crippen LogP contribution in [0.5, 0.6) is 0 Å². The fraction of sp³-hybridized carbons (Fsp3) is 0.333. The van der Waals surface area contributed by atoms with Crippen molar-refractivity contribution in [3.05, 3.63) is 28.0 Å². The fourth-order valence-electron chi connectivity index (χ4n) is 1.28. The van der Waals surface area contributed by atoms with Gasteiger partial charge in [0.1, 0.15) is 11.5 Å². The zero-order valence-electron chi connectivity index (χ0n) is 11.2. The number of nitrogens with one attached hydrogen (secondary N) is 2. The van der Waals surface area contributed by atoms with Gasteiger partial charge in [-0.15, -0.1) is 0 Å². The Morgan fingerprint density at radius 1 is 1.30 bits per heavy atom. The van der Waals surface area contributed by atoms with E-state index in [2.05, 4.69) is 15.6 Å². The van der Waals surface area contributed by atoms with Gasteiger partial charge in [0.15, 0.2) is 0 Å². The number of hydrogen-bond acceptors (Lipinski definition) is 2. The van der Waals surface area contributed by atoms with E-state index < -0.39 is 17.4 Å². The number of rotatable bonds is 1. The lowest BCUT2D eigenvalue weighted by atomic mass is 10.1. The van der Waals surface area contributed by atoms with Crippen LogP contribution >= 0.6 is 23.2 Å². The average molecular weight is 321 g/mol. The number of aliphatic imine (C=N–C) groups is 1. The van der Waals surface area contributed by atoms with E-state index in [1.807, 2.05) is 20.8 Å². The third kappa shape index (κ3) is 5.22. The van der Waals surface area contributed by atoms with Gasteiger partial charge in [-0.2, -0.15) is 0 Å². The van der Waals surface area contributed by atoms with Crippen LogP contribution in [0, 0.1) is 5.82 Å². The molecule has 0 aliphatic carbocycles. The minimum Gasteiger partial charge on any atom is -0.369 e. The second-order valence-electron chi connectivity index (χ2n) is 5.04. The first kappa shape index (κ1) is 16.5. The summed E-state index contributed by atoms with van der Waals surface area (Å²) in [7, 11) is 0. The molecular weight excluding hydrogens is 306 g/mol. The third-order valence-electron chi connectivity index (χ3n) is 1.94. The smallest absolute Gasteiger partial charge is 0.321 e. The van der Waals surface area contributed by atoms with Crippen molar-refractivity contribution in [2.45, 2.75) is 26.3 Å². The number of carbonyl (C=O) groups excluding carboxylic acids is 1. The molecule has 0 heterocycles. The van der Waals surface area contributed by atoms with E-state index in [9.17, 15) is 9.18 Å². The topological polar surface area (TPSA) is 79.5 Å². The molecule has 1 aromatic carbocycles. The summed E-state index contributed by atoms with van der Waals surface area (Å²) in [6, 6.07) is 1.58. The second kappa shape index (κ2) is 6.28. The first-order valence-electron chi connectivity index (χ1n) is 5.66. The van der Waals surface area contributed by atoms with Crippen LogP contribution < -0.4 is 16.4 Å². The van der Waals surface area contributed by atoms with E-state index in [1.165, 1.54) is 0 Å². The van der Waals surface area contributed by atoms with Crippen molar-refractivity contribution in [1.82, 2.24) is 10.6 Å². The molecule has 0 radical (unpaired) electrons. The molecule has 0 saturated heterocycles. The summed E-state index contributed by atoms with van der Waals surface area (Å²) in [5.41, 5.74) is 5.23. The van der Waals surface area contributed by atoms with E-state index in [0.29, 0.717) is 0 Å². The minimum atomic E-state index is -0.587. The SMILES string of the molecule is CC(C)(C)NC(=O)NC(N)=Nc1c(Cl)cc(F)cc1Cl. The fourth-order valence-corrected chi connectivity index (χ4v) is 1.82. The largest absolute Gasteiger partial charge is 0.369 e. The molecule has 0 aromatic heterocycles. The molecule has 0 unspecified atom stereocenters. The molecule has 5 nitrogen and oxygen atoms in total. The van der Waals surface area contributed by atoms with Gasteiger partial charge in [-0.05, 0) is 32.9 Å². The molecule has 20 heavy (non-hydrogen) atoms. The maximum Gasteiger partial charge on any atom is 0.321 e. The number of halogens is 3. The predicted octanol–water partition coefficient (Wildman–Crippen LogP) is 3.18. The summed E-state index contributed by atoms with van der Waals surface area (Å²) in [6.07, 6.45) is 0. The number of guanidine groups is 1. The summed E-state index contributed by atoms with van der Waals surface area (Å²) in [4.78, 5) is 15.4. The summed E-state index contributed by atoms with van der Waals surface area (Å²) >= 11 is 11.6. The first-order chi connectivity index (χ1) is 9.08. The molecule has 110 valence electrons. The number of urea groups is 1. The molecular formula is C12H15Cl2FN4O. The van der Waals surface area contributed by atoms with Gasteiger partial charge in [0, 0.05) is 5.54 Å². The Kier molecular flexibility index (Phi) is 5.19. The molecule has 8 heteroatoms. The minimum absolute atomic E-state index is 0.00372. The van der Waals surface area contributed by atoms with Crippen LogP contribution in [0.15, 0.2) is 17.1 Å². The Labute approximate surface area is 126 Å². The van der Waals surface area contributed by atoms with Gasteiger partial charge in [0.25, 0.3) is 0 Å². The van der Waals surface area contributed by atoms with E-state index >= 15 is 0 Å². The Morgan fingerprint density at radius 3 is 2.25 bits per heavy atom. The standard InChI is InChI=1S/C12H15Cl2FN4O/c1-12(2,3)19-11(20)18-10(16)17-9-7(13)4-6(15)5-8(9)14/h4-5H,1-3H3,(H4,16,17,18,19,20). The molecule has 0 bridgehead atoms. The summed E-state index contributed by atoms with van der Waals surface area (Å²) in [5.74, 6) is -0.793. The van der Waals surface area contributed by atoms with Crippen molar-refractivity contribution >= 4 is 40.9 Å². The van der Waals surface area contributed by atoms with Crippen molar-refractivity contribution in [2.24, 2.45) is 10.7 Å². The lowest BCUT2D eigenvalue weighted by Crippen LogP contribution is -2.50. The molecule has 1 rings (SSSR count). The van der Waals surface area contributed by atoms with E-state index in [4.69, 9.17) is 28.9 Å². The number of carbonyl (C=O) groups is 1. The van der Waals surface area contributed by atoms with Gasteiger partial charge in [-0.25, -0.2) is 14.2 Å². The predicted molar refractivity (Wildman–Crippen MR) is 79.1 cm³/mol. The van der Waals surface area contributed by atoms with Gasteiger partial charge in [0.05, 0.1) is 10.0 Å². The highest BCUT2D eigenvalue weighted by Crippen LogP contribution is 2.33. The lowest BCUT2D eigenvalue weighted by molar-refractivity contribution is 0.236. The van der Waals surface area contributed by atoms with Crippen LogP contribution in [0.1, 0.15) is 20.8 Å². The number of benzene rings is 1. The van der Waals surface area contributed by atoms with Crippen LogP contribution in [0.2, 0.25) is 10.0 Å². The molecule has 0 saturated carbocycles. The zero-order valence-corrected chi connectivity index (χ0v) is 12.7. The van der Waals surface area contributed by atoms with Gasteiger partial charge in [0.2, 0.25) is 5.96 Å². The van der Waals surface area contributed by atoms with Crippen LogP contribution in [-0.4, -0.2) is 17.5 Å². The second-order valence-corrected chi connectivity index (χ2v) is 5.86. The number of hydrogen-bond donors (Lipinski definition) is 3. The molecule has 0 fully saturated rings. The molecule has 0 spiro atoms. The van der Waals surface area contributed by atoms with Crippen molar-refractivity contribution in [3.63, 3.8) is 0 Å². The van der Waals surface area contributed by atoms with Crippen LogP contribution in [0.3, 0.4) is 0 Å². The molecule has 0 aliphatic heterocycles. The number of nitrogens with zero attached hydrogens (tertiary/aromatic N) is 1. The highest BCUT2D eigenvalue weighted by Gasteiger charge is 2.14. The molecule has 1 aromatic rings. The lowest BCUT2D eigenvalue weighted by Gasteiger charge is -2.20. The molecule has 0 aliphatic rings. The maximum absolute atomic E-state index is 13.0. The molecule has 0 atom stereocenters. The van der Waals surface area contributed by atoms with Gasteiger partial charge in [-0.1, -0.05) is 23.2 Å². The van der Waals surface area contributed by atoms with Crippen molar-refractivity contribution in [3.8, 4) is 0 Å². The van der Waals surface area contributed by atoms with Gasteiger partial charge >= 0.3 is 6.03 Å². The number of nitrogens with two attached hydrogens (primary N) is 1. The van der Waals surface area contributed by atoms with Crippen molar-refractivity contribution in [2.75, 3.05) is 0 Å². The van der Waals surface area contributed by atoms with E-state index in [-0.39, 0.29) is 21.7 Å². The average Bonchev–Trinajstić information content (AvgIpc) is 2.20. The molecule has 2 amide bonds. The Morgan fingerprint density at radius 2 is 1.80 bits per heavy atom. The van der Waals surface area contributed by atoms with Crippen LogP contribution in [-0.2, 0) is 0 Å². The Hall–Kier alpha value is -1.53. The van der Waals surface area contributed by atoms with Crippen molar-refractivity contribution < 1.29 is 9.18 Å². The Balaban J connectivity index is 2.87. The summed E-state index contributed by atoms with van der Waals surface area (Å²) in [5, 5.41) is 4.95. The van der Waals surface area contributed by atoms with Gasteiger partial charge < -0.3 is 11.1 Å². The highest BCUT2D eigenvalue weighted by molar-refractivity contribution is 6.38. The summed E-state index contributed by atoms with van der Waals surface area (Å²) in [6.45, 7) is 5.44. The zero-order chi connectivity index (χ0) is 15.5. The Bertz CT molecular complexity index is 532. The normalized spacial score (nSPS) is 12.2. The van der Waals surface area contributed by atoms with Crippen LogP contribution in [0.4, 0.5) is 14.9 Å². The van der Waals surface area contributed by atoms with Gasteiger partial charge in [-0.3, -0.25) is 5.32 Å². The molecule has 4 N–H and O–H groups in total. The van der Waals surface area contributed by atoms with E-state index in [0.717, 1.165) is 12.1 Å². The highest BCUT2D eigenvalue weighted by atomic mass is 35.5. The monoisotopic (exact) mass is 320 g/mol.